The zero-order valence-electron chi connectivity index (χ0n) is 6.27. The van der Waals surface area contributed by atoms with Gasteiger partial charge in [0.2, 0.25) is 0 Å². The molecule has 0 bridgehead atoms. The van der Waals surface area contributed by atoms with Gasteiger partial charge < -0.3 is 11.1 Å². The van der Waals surface area contributed by atoms with E-state index in [1.165, 1.54) is 0 Å². The van der Waals surface area contributed by atoms with E-state index >= 15 is 0 Å². The molecule has 0 atom stereocenters. The number of halogens is 3. The van der Waals surface area contributed by atoms with Gasteiger partial charge >= 0.3 is 6.03 Å². The van der Waals surface area contributed by atoms with Gasteiger partial charge in [-0.15, -0.1) is 0 Å². The van der Waals surface area contributed by atoms with Crippen molar-refractivity contribution in [1.29, 1.82) is 0 Å². The van der Waals surface area contributed by atoms with Gasteiger partial charge in [0.05, 0.1) is 0 Å². The average molecular weight is 207 g/mol. The van der Waals surface area contributed by atoms with E-state index in [1.54, 1.807) is 5.32 Å². The molecule has 0 aliphatic rings. The molecule has 1 aromatic rings. The van der Waals surface area contributed by atoms with Crippen LogP contribution in [0.2, 0.25) is 5.02 Å². The molecule has 1 rings (SSSR count). The van der Waals surface area contributed by atoms with Gasteiger partial charge in [-0.2, -0.15) is 0 Å². The third-order valence-electron chi connectivity index (χ3n) is 1.26. The van der Waals surface area contributed by atoms with Crippen molar-refractivity contribution in [3.05, 3.63) is 28.8 Å². The minimum atomic E-state index is -1.04. The topological polar surface area (TPSA) is 55.1 Å². The molecule has 1 aromatic carbocycles. The number of amides is 2. The van der Waals surface area contributed by atoms with Crippen LogP contribution >= 0.6 is 11.6 Å². The van der Waals surface area contributed by atoms with Gasteiger partial charge in [0, 0.05) is 5.02 Å². The number of anilines is 1. The molecule has 0 fully saturated rings. The zero-order chi connectivity index (χ0) is 10.0. The highest BCUT2D eigenvalue weighted by molar-refractivity contribution is 6.30. The predicted octanol–water partition coefficient (Wildman–Crippen LogP) is 2.11. The van der Waals surface area contributed by atoms with Crippen molar-refractivity contribution in [2.24, 2.45) is 5.73 Å². The summed E-state index contributed by atoms with van der Waals surface area (Å²) in [5.74, 6) is -1.94. The molecule has 0 radical (unpaired) electrons. The lowest BCUT2D eigenvalue weighted by atomic mass is 10.3. The molecule has 0 aliphatic heterocycles. The standard InChI is InChI=1S/C7H5ClF2N2O/c8-3-1-4(9)6(5(10)2-3)12-7(11)13/h1-2H,(H3,11,12,13). The molecule has 0 saturated carbocycles. The number of carbonyl (C=O) groups excluding carboxylic acids is 1. The molecule has 0 aromatic heterocycles. The van der Waals surface area contributed by atoms with Crippen LogP contribution in [0.15, 0.2) is 12.1 Å². The number of benzene rings is 1. The number of urea groups is 1. The summed E-state index contributed by atoms with van der Waals surface area (Å²) in [5, 5.41) is 1.71. The summed E-state index contributed by atoms with van der Waals surface area (Å²) >= 11 is 5.33. The molecule has 2 amide bonds. The Morgan fingerprint density at radius 2 is 1.85 bits per heavy atom. The second-order valence-corrected chi connectivity index (χ2v) is 2.67. The molecule has 0 spiro atoms. The minimum absolute atomic E-state index is 0.0926. The van der Waals surface area contributed by atoms with Gasteiger partial charge in [0.15, 0.2) is 11.6 Å². The number of carbonyl (C=O) groups is 1. The highest BCUT2D eigenvalue weighted by Crippen LogP contribution is 2.22. The van der Waals surface area contributed by atoms with Crippen molar-refractivity contribution in [1.82, 2.24) is 0 Å². The zero-order valence-corrected chi connectivity index (χ0v) is 7.03. The molecule has 70 valence electrons. The fraction of sp³-hybridized carbons (Fsp3) is 0. The van der Waals surface area contributed by atoms with Crippen LogP contribution < -0.4 is 11.1 Å². The first-order chi connectivity index (χ1) is 6.00. The van der Waals surface area contributed by atoms with E-state index in [9.17, 15) is 13.6 Å². The number of nitrogens with one attached hydrogen (secondary N) is 1. The highest BCUT2D eigenvalue weighted by Gasteiger charge is 2.11. The summed E-state index contributed by atoms with van der Waals surface area (Å²) in [6.45, 7) is 0. The van der Waals surface area contributed by atoms with Crippen molar-refractivity contribution in [3.8, 4) is 0 Å². The summed E-state index contributed by atoms with van der Waals surface area (Å²) in [6.07, 6.45) is 0. The summed E-state index contributed by atoms with van der Waals surface area (Å²) in [6, 6.07) is 0.700. The maximum absolute atomic E-state index is 12.9. The van der Waals surface area contributed by atoms with E-state index in [1.807, 2.05) is 0 Å². The van der Waals surface area contributed by atoms with Crippen molar-refractivity contribution < 1.29 is 13.6 Å². The molecule has 13 heavy (non-hydrogen) atoms. The Kier molecular flexibility index (Phi) is 2.67. The number of primary amides is 1. The first-order valence-electron chi connectivity index (χ1n) is 3.21. The first kappa shape index (κ1) is 9.73. The molecule has 0 heterocycles. The van der Waals surface area contributed by atoms with Gasteiger partial charge in [-0.1, -0.05) is 11.6 Å². The minimum Gasteiger partial charge on any atom is -0.351 e. The fourth-order valence-electron chi connectivity index (χ4n) is 0.785. The molecule has 0 unspecified atom stereocenters. The fourth-order valence-corrected chi connectivity index (χ4v) is 0.976. The molecular weight excluding hydrogens is 202 g/mol. The van der Waals surface area contributed by atoms with E-state index in [0.29, 0.717) is 0 Å². The van der Waals surface area contributed by atoms with E-state index in [2.05, 4.69) is 5.73 Å². The predicted molar refractivity (Wildman–Crippen MR) is 44.6 cm³/mol. The number of nitrogens with two attached hydrogens (primary N) is 1. The lowest BCUT2D eigenvalue weighted by molar-refractivity contribution is 0.259. The molecule has 0 saturated heterocycles. The Morgan fingerprint density at radius 3 is 2.23 bits per heavy atom. The molecule has 0 aliphatic carbocycles. The first-order valence-corrected chi connectivity index (χ1v) is 3.59. The number of hydrogen-bond donors (Lipinski definition) is 2. The van der Waals surface area contributed by atoms with E-state index in [-0.39, 0.29) is 5.02 Å². The van der Waals surface area contributed by atoms with Crippen molar-refractivity contribution >= 4 is 23.3 Å². The Balaban J connectivity index is 3.13. The van der Waals surface area contributed by atoms with Gasteiger partial charge in [0.1, 0.15) is 5.69 Å². The van der Waals surface area contributed by atoms with Crippen molar-refractivity contribution in [3.63, 3.8) is 0 Å². The number of rotatable bonds is 1. The van der Waals surface area contributed by atoms with Crippen LogP contribution in [-0.2, 0) is 0 Å². The Bertz CT molecular complexity index is 333. The maximum atomic E-state index is 12.9. The van der Waals surface area contributed by atoms with E-state index in [0.717, 1.165) is 12.1 Å². The van der Waals surface area contributed by atoms with Gasteiger partial charge in [-0.05, 0) is 12.1 Å². The third-order valence-corrected chi connectivity index (χ3v) is 1.47. The van der Waals surface area contributed by atoms with Gasteiger partial charge in [-0.25, -0.2) is 13.6 Å². The molecule has 3 N–H and O–H groups in total. The van der Waals surface area contributed by atoms with E-state index in [4.69, 9.17) is 11.6 Å². The lowest BCUT2D eigenvalue weighted by Crippen LogP contribution is -2.20. The monoisotopic (exact) mass is 206 g/mol. The van der Waals surface area contributed by atoms with Crippen LogP contribution in [0.3, 0.4) is 0 Å². The molecule has 3 nitrogen and oxygen atoms in total. The Labute approximate surface area is 77.5 Å². The second kappa shape index (κ2) is 3.57. The average Bonchev–Trinajstić information content (AvgIpc) is 1.96. The summed E-state index contributed by atoms with van der Waals surface area (Å²) < 4.78 is 25.8. The lowest BCUT2D eigenvalue weighted by Gasteiger charge is -2.04. The van der Waals surface area contributed by atoms with Crippen LogP contribution in [0, 0.1) is 11.6 Å². The second-order valence-electron chi connectivity index (χ2n) is 2.23. The normalized spacial score (nSPS) is 9.77. The number of hydrogen-bond acceptors (Lipinski definition) is 1. The van der Waals surface area contributed by atoms with Crippen molar-refractivity contribution in [2.45, 2.75) is 0 Å². The van der Waals surface area contributed by atoms with Gasteiger partial charge in [0.25, 0.3) is 0 Å². The maximum Gasteiger partial charge on any atom is 0.316 e. The summed E-state index contributed by atoms with van der Waals surface area (Å²) in [4.78, 5) is 10.3. The molecular formula is C7H5ClF2N2O. The largest absolute Gasteiger partial charge is 0.351 e. The van der Waals surface area contributed by atoms with Gasteiger partial charge in [-0.3, -0.25) is 0 Å². The van der Waals surface area contributed by atoms with Crippen LogP contribution in [-0.4, -0.2) is 6.03 Å². The summed E-state index contributed by atoms with van der Waals surface area (Å²) in [5.41, 5.74) is 4.08. The van der Waals surface area contributed by atoms with Crippen LogP contribution in [0.4, 0.5) is 19.3 Å². The third kappa shape index (κ3) is 2.29. The Hall–Kier alpha value is -1.36. The summed E-state index contributed by atoms with van der Waals surface area (Å²) in [7, 11) is 0. The van der Waals surface area contributed by atoms with E-state index < -0.39 is 23.4 Å². The molecule has 6 heteroatoms. The van der Waals surface area contributed by atoms with Crippen LogP contribution in [0.5, 0.6) is 0 Å². The van der Waals surface area contributed by atoms with Crippen LogP contribution in [0.1, 0.15) is 0 Å². The SMILES string of the molecule is NC(=O)Nc1c(F)cc(Cl)cc1F. The Morgan fingerprint density at radius 1 is 1.38 bits per heavy atom. The smallest absolute Gasteiger partial charge is 0.316 e. The van der Waals surface area contributed by atoms with Crippen molar-refractivity contribution in [2.75, 3.05) is 5.32 Å². The highest BCUT2D eigenvalue weighted by atomic mass is 35.5. The quantitative estimate of drug-likeness (QED) is 0.727. The van der Waals surface area contributed by atoms with Crippen LogP contribution in [0.25, 0.3) is 0 Å².